The minimum Gasteiger partial charge on any atom is -0.380 e. The van der Waals surface area contributed by atoms with Crippen LogP contribution in [-0.2, 0) is 16.1 Å². The molecule has 0 aromatic heterocycles. The lowest BCUT2D eigenvalue weighted by atomic mass is 10.0. The van der Waals surface area contributed by atoms with Crippen LogP contribution in [0.4, 0.5) is 0 Å². The second-order valence-corrected chi connectivity index (χ2v) is 5.11. The van der Waals surface area contributed by atoms with Crippen molar-refractivity contribution in [1.29, 1.82) is 0 Å². The first-order chi connectivity index (χ1) is 9.26. The van der Waals surface area contributed by atoms with Crippen molar-refractivity contribution in [3.8, 4) is 0 Å². The average molecular weight is 264 g/mol. The van der Waals surface area contributed by atoms with Crippen LogP contribution in [0.3, 0.4) is 0 Å². The zero-order valence-electron chi connectivity index (χ0n) is 11.8. The minimum absolute atomic E-state index is 0.239. The van der Waals surface area contributed by atoms with Crippen LogP contribution in [0.2, 0.25) is 0 Å². The van der Waals surface area contributed by atoms with Crippen LogP contribution < -0.4 is 5.73 Å². The van der Waals surface area contributed by atoms with E-state index in [0.29, 0.717) is 19.2 Å². The van der Waals surface area contributed by atoms with Crippen molar-refractivity contribution in [2.45, 2.75) is 25.1 Å². The van der Waals surface area contributed by atoms with Crippen LogP contribution in [-0.4, -0.2) is 44.9 Å². The summed E-state index contributed by atoms with van der Waals surface area (Å²) in [5.74, 6) is 0. The number of likely N-dealkylation sites (N-methyl/N-ethyl adjacent to an activating group) is 1. The van der Waals surface area contributed by atoms with Gasteiger partial charge in [0, 0.05) is 32.3 Å². The lowest BCUT2D eigenvalue weighted by molar-refractivity contribution is 0.134. The van der Waals surface area contributed by atoms with E-state index < -0.39 is 0 Å². The molecular weight excluding hydrogens is 240 g/mol. The molecule has 1 aliphatic rings. The number of ether oxygens (including phenoxy) is 2. The molecule has 2 rings (SSSR count). The molecule has 19 heavy (non-hydrogen) atoms. The second-order valence-electron chi connectivity index (χ2n) is 5.11. The quantitative estimate of drug-likeness (QED) is 0.847. The lowest BCUT2D eigenvalue weighted by Crippen LogP contribution is -2.39. The van der Waals surface area contributed by atoms with Crippen molar-refractivity contribution in [2.24, 2.45) is 5.73 Å². The van der Waals surface area contributed by atoms with Crippen LogP contribution >= 0.6 is 0 Å². The number of nitrogens with two attached hydrogens (primary N) is 1. The van der Waals surface area contributed by atoms with E-state index in [0.717, 1.165) is 19.6 Å². The summed E-state index contributed by atoms with van der Waals surface area (Å²) in [6.45, 7) is 2.92. The Morgan fingerprint density at radius 1 is 1.53 bits per heavy atom. The summed E-state index contributed by atoms with van der Waals surface area (Å²) >= 11 is 0. The van der Waals surface area contributed by atoms with Gasteiger partial charge in [0.15, 0.2) is 0 Å². The highest BCUT2D eigenvalue weighted by Crippen LogP contribution is 2.24. The Labute approximate surface area is 115 Å². The van der Waals surface area contributed by atoms with Crippen LogP contribution in [0.15, 0.2) is 24.3 Å². The van der Waals surface area contributed by atoms with Crippen molar-refractivity contribution in [3.63, 3.8) is 0 Å². The number of benzene rings is 1. The SMILES string of the molecule is COCc1cccc(C(CN)N(C)C2CCOC2)c1. The predicted octanol–water partition coefficient (Wildman–Crippen LogP) is 1.55. The highest BCUT2D eigenvalue weighted by atomic mass is 16.5. The van der Waals surface area contributed by atoms with E-state index >= 15 is 0 Å². The molecule has 1 fully saturated rings. The van der Waals surface area contributed by atoms with E-state index in [2.05, 4.69) is 36.2 Å². The number of rotatable bonds is 6. The van der Waals surface area contributed by atoms with Gasteiger partial charge < -0.3 is 15.2 Å². The smallest absolute Gasteiger partial charge is 0.0713 e. The summed E-state index contributed by atoms with van der Waals surface area (Å²) < 4.78 is 10.7. The largest absolute Gasteiger partial charge is 0.380 e. The number of methoxy groups -OCH3 is 1. The van der Waals surface area contributed by atoms with Crippen LogP contribution in [0, 0.1) is 0 Å². The second kappa shape index (κ2) is 7.01. The molecule has 1 aromatic rings. The summed E-state index contributed by atoms with van der Waals surface area (Å²) in [6.07, 6.45) is 1.09. The fourth-order valence-electron chi connectivity index (χ4n) is 2.69. The standard InChI is InChI=1S/C15H24N2O2/c1-17(14-6-7-19-11-14)15(9-16)13-5-3-4-12(8-13)10-18-2/h3-5,8,14-15H,6-7,9-11,16H2,1-2H3. The number of hydrogen-bond donors (Lipinski definition) is 1. The van der Waals surface area contributed by atoms with Gasteiger partial charge in [-0.05, 0) is 24.6 Å². The molecule has 4 heteroatoms. The molecule has 0 bridgehead atoms. The van der Waals surface area contributed by atoms with E-state index in [1.807, 2.05) is 0 Å². The Balaban J connectivity index is 2.13. The third kappa shape index (κ3) is 3.54. The Morgan fingerprint density at radius 3 is 3.00 bits per heavy atom. The first-order valence-electron chi connectivity index (χ1n) is 6.83. The van der Waals surface area contributed by atoms with Gasteiger partial charge in [0.1, 0.15) is 0 Å². The maximum Gasteiger partial charge on any atom is 0.0713 e. The van der Waals surface area contributed by atoms with E-state index in [1.54, 1.807) is 7.11 Å². The van der Waals surface area contributed by atoms with E-state index in [1.165, 1.54) is 11.1 Å². The fraction of sp³-hybridized carbons (Fsp3) is 0.600. The highest BCUT2D eigenvalue weighted by molar-refractivity contribution is 5.26. The van der Waals surface area contributed by atoms with Crippen molar-refractivity contribution in [2.75, 3.05) is 33.9 Å². The van der Waals surface area contributed by atoms with Gasteiger partial charge >= 0.3 is 0 Å². The summed E-state index contributed by atoms with van der Waals surface area (Å²) in [7, 11) is 3.86. The average Bonchev–Trinajstić information content (AvgIpc) is 2.94. The molecule has 0 radical (unpaired) electrons. The van der Waals surface area contributed by atoms with E-state index in [-0.39, 0.29) is 6.04 Å². The first-order valence-corrected chi connectivity index (χ1v) is 6.83. The summed E-state index contributed by atoms with van der Waals surface area (Å²) in [4.78, 5) is 2.35. The van der Waals surface area contributed by atoms with Gasteiger partial charge in [0.25, 0.3) is 0 Å². The van der Waals surface area contributed by atoms with Crippen LogP contribution in [0.5, 0.6) is 0 Å². The van der Waals surface area contributed by atoms with Crippen molar-refractivity contribution in [3.05, 3.63) is 35.4 Å². The Bertz CT molecular complexity index is 391. The monoisotopic (exact) mass is 264 g/mol. The van der Waals surface area contributed by atoms with Crippen molar-refractivity contribution < 1.29 is 9.47 Å². The van der Waals surface area contributed by atoms with Gasteiger partial charge in [-0.2, -0.15) is 0 Å². The molecule has 1 saturated heterocycles. The molecule has 1 aromatic carbocycles. The minimum atomic E-state index is 0.239. The Morgan fingerprint density at radius 2 is 2.37 bits per heavy atom. The molecule has 0 aliphatic carbocycles. The molecule has 2 N–H and O–H groups in total. The zero-order chi connectivity index (χ0) is 13.7. The summed E-state index contributed by atoms with van der Waals surface area (Å²) in [5.41, 5.74) is 8.43. The number of nitrogens with zero attached hydrogens (tertiary/aromatic N) is 1. The Hall–Kier alpha value is -0.940. The van der Waals surface area contributed by atoms with E-state index in [9.17, 15) is 0 Å². The van der Waals surface area contributed by atoms with Gasteiger partial charge in [-0.3, -0.25) is 4.90 Å². The molecule has 0 saturated carbocycles. The topological polar surface area (TPSA) is 47.7 Å². The fourth-order valence-corrected chi connectivity index (χ4v) is 2.69. The van der Waals surface area contributed by atoms with E-state index in [4.69, 9.17) is 15.2 Å². The molecular formula is C15H24N2O2. The van der Waals surface area contributed by atoms with Gasteiger partial charge in [0.05, 0.1) is 13.2 Å². The summed E-state index contributed by atoms with van der Waals surface area (Å²) in [6, 6.07) is 9.20. The van der Waals surface area contributed by atoms with Gasteiger partial charge in [0.2, 0.25) is 0 Å². The molecule has 0 spiro atoms. The van der Waals surface area contributed by atoms with Gasteiger partial charge in [-0.15, -0.1) is 0 Å². The molecule has 2 unspecified atom stereocenters. The molecule has 2 atom stereocenters. The molecule has 1 aliphatic heterocycles. The van der Waals surface area contributed by atoms with Crippen LogP contribution in [0.1, 0.15) is 23.6 Å². The lowest BCUT2D eigenvalue weighted by Gasteiger charge is -2.32. The van der Waals surface area contributed by atoms with Gasteiger partial charge in [-0.1, -0.05) is 24.3 Å². The molecule has 4 nitrogen and oxygen atoms in total. The van der Waals surface area contributed by atoms with Crippen LogP contribution in [0.25, 0.3) is 0 Å². The highest BCUT2D eigenvalue weighted by Gasteiger charge is 2.26. The van der Waals surface area contributed by atoms with Crippen molar-refractivity contribution >= 4 is 0 Å². The first kappa shape index (κ1) is 14.5. The molecule has 1 heterocycles. The predicted molar refractivity (Wildman–Crippen MR) is 75.9 cm³/mol. The van der Waals surface area contributed by atoms with Crippen molar-refractivity contribution in [1.82, 2.24) is 4.90 Å². The maximum atomic E-state index is 5.98. The molecule has 106 valence electrons. The summed E-state index contributed by atoms with van der Waals surface area (Å²) in [5, 5.41) is 0. The van der Waals surface area contributed by atoms with Gasteiger partial charge in [-0.25, -0.2) is 0 Å². The normalized spacial score (nSPS) is 20.9. The molecule has 0 amide bonds. The number of hydrogen-bond acceptors (Lipinski definition) is 4. The third-order valence-electron chi connectivity index (χ3n) is 3.84. The third-order valence-corrected chi connectivity index (χ3v) is 3.84. The Kier molecular flexibility index (Phi) is 5.34. The maximum absolute atomic E-state index is 5.98. The zero-order valence-corrected chi connectivity index (χ0v) is 11.8.